The summed E-state index contributed by atoms with van der Waals surface area (Å²) in [7, 11) is 0. The standard InChI is InChI=1S/C13H24N2O.ClH/c1-9(2)10-4-3-5-12(6-10)15-13(16)11-7-14-8-11;/h9-12,14H,3-8H2,1-2H3,(H,15,16);1H. The molecule has 100 valence electrons. The topological polar surface area (TPSA) is 41.1 Å². The van der Waals surface area contributed by atoms with Crippen molar-refractivity contribution in [2.45, 2.75) is 45.6 Å². The first-order chi connectivity index (χ1) is 7.66. The number of hydrogen-bond donors (Lipinski definition) is 2. The van der Waals surface area contributed by atoms with Crippen molar-refractivity contribution in [2.24, 2.45) is 17.8 Å². The van der Waals surface area contributed by atoms with Crippen LogP contribution in [0.1, 0.15) is 39.5 Å². The molecule has 2 aliphatic rings. The van der Waals surface area contributed by atoms with Gasteiger partial charge in [-0.2, -0.15) is 0 Å². The average molecular weight is 261 g/mol. The Hall–Kier alpha value is -0.280. The Labute approximate surface area is 111 Å². The van der Waals surface area contributed by atoms with Crippen molar-refractivity contribution < 1.29 is 4.79 Å². The second-order valence-electron chi connectivity index (χ2n) is 5.73. The van der Waals surface area contributed by atoms with Gasteiger partial charge in [0.15, 0.2) is 0 Å². The normalized spacial score (nSPS) is 29.4. The molecule has 0 aromatic rings. The zero-order valence-corrected chi connectivity index (χ0v) is 11.7. The molecule has 1 aliphatic carbocycles. The molecule has 0 aromatic carbocycles. The minimum Gasteiger partial charge on any atom is -0.353 e. The molecule has 1 aliphatic heterocycles. The van der Waals surface area contributed by atoms with Crippen LogP contribution in [0.25, 0.3) is 0 Å². The van der Waals surface area contributed by atoms with Crippen molar-refractivity contribution in [3.63, 3.8) is 0 Å². The summed E-state index contributed by atoms with van der Waals surface area (Å²) in [6, 6.07) is 0.439. The van der Waals surface area contributed by atoms with Gasteiger partial charge in [0, 0.05) is 19.1 Å². The Morgan fingerprint density at radius 2 is 2.00 bits per heavy atom. The summed E-state index contributed by atoms with van der Waals surface area (Å²) in [5, 5.41) is 6.37. The molecule has 0 aromatic heterocycles. The quantitative estimate of drug-likeness (QED) is 0.815. The molecule has 2 atom stereocenters. The molecule has 0 radical (unpaired) electrons. The Morgan fingerprint density at radius 1 is 1.29 bits per heavy atom. The summed E-state index contributed by atoms with van der Waals surface area (Å²) < 4.78 is 0. The lowest BCUT2D eigenvalue weighted by Crippen LogP contribution is -2.53. The van der Waals surface area contributed by atoms with Crippen LogP contribution in [0.4, 0.5) is 0 Å². The van der Waals surface area contributed by atoms with Crippen LogP contribution in [-0.4, -0.2) is 25.0 Å². The molecule has 2 rings (SSSR count). The summed E-state index contributed by atoms with van der Waals surface area (Å²) in [6.45, 7) is 6.33. The highest BCUT2D eigenvalue weighted by atomic mass is 35.5. The number of nitrogens with one attached hydrogen (secondary N) is 2. The second kappa shape index (κ2) is 6.60. The minimum atomic E-state index is 0. The van der Waals surface area contributed by atoms with Gasteiger partial charge in [0.2, 0.25) is 5.91 Å². The lowest BCUT2D eigenvalue weighted by Gasteiger charge is -2.34. The van der Waals surface area contributed by atoms with Crippen LogP contribution in [0.2, 0.25) is 0 Å². The van der Waals surface area contributed by atoms with Gasteiger partial charge in [-0.1, -0.05) is 26.7 Å². The molecule has 1 heterocycles. The van der Waals surface area contributed by atoms with E-state index in [9.17, 15) is 4.79 Å². The first kappa shape index (κ1) is 14.8. The Kier molecular flexibility index (Phi) is 5.74. The summed E-state index contributed by atoms with van der Waals surface area (Å²) in [6.07, 6.45) is 4.98. The molecule has 2 N–H and O–H groups in total. The van der Waals surface area contributed by atoms with E-state index in [-0.39, 0.29) is 24.2 Å². The first-order valence-electron chi connectivity index (χ1n) is 6.68. The highest BCUT2D eigenvalue weighted by Crippen LogP contribution is 2.30. The summed E-state index contributed by atoms with van der Waals surface area (Å²) in [4.78, 5) is 11.8. The summed E-state index contributed by atoms with van der Waals surface area (Å²) in [5.74, 6) is 2.07. The van der Waals surface area contributed by atoms with Crippen molar-refractivity contribution in [1.82, 2.24) is 10.6 Å². The van der Waals surface area contributed by atoms with Crippen LogP contribution in [0.5, 0.6) is 0 Å². The van der Waals surface area contributed by atoms with Gasteiger partial charge in [-0.3, -0.25) is 4.79 Å². The SMILES string of the molecule is CC(C)C1CCCC(NC(=O)C2CNC2)C1.Cl. The third kappa shape index (κ3) is 3.85. The molecular formula is C13H25ClN2O. The van der Waals surface area contributed by atoms with Gasteiger partial charge in [0.25, 0.3) is 0 Å². The van der Waals surface area contributed by atoms with Crippen molar-refractivity contribution in [2.75, 3.05) is 13.1 Å². The molecule has 17 heavy (non-hydrogen) atoms. The maximum atomic E-state index is 11.8. The molecule has 3 nitrogen and oxygen atoms in total. The predicted octanol–water partition coefficient (Wildman–Crippen LogP) is 1.96. The van der Waals surface area contributed by atoms with Crippen LogP contribution >= 0.6 is 12.4 Å². The number of amides is 1. The Balaban J connectivity index is 0.00000144. The van der Waals surface area contributed by atoms with Crippen LogP contribution in [-0.2, 0) is 4.79 Å². The van der Waals surface area contributed by atoms with Gasteiger partial charge in [0.1, 0.15) is 0 Å². The van der Waals surface area contributed by atoms with Crippen LogP contribution in [0, 0.1) is 17.8 Å². The zero-order chi connectivity index (χ0) is 11.5. The first-order valence-corrected chi connectivity index (χ1v) is 6.68. The van der Waals surface area contributed by atoms with E-state index in [0.29, 0.717) is 6.04 Å². The molecule has 2 unspecified atom stereocenters. The van der Waals surface area contributed by atoms with E-state index in [0.717, 1.165) is 24.9 Å². The van der Waals surface area contributed by atoms with Crippen molar-refractivity contribution in [3.05, 3.63) is 0 Å². The molecular weight excluding hydrogens is 236 g/mol. The smallest absolute Gasteiger partial charge is 0.225 e. The van der Waals surface area contributed by atoms with E-state index in [1.807, 2.05) is 0 Å². The molecule has 1 amide bonds. The maximum absolute atomic E-state index is 11.8. The van der Waals surface area contributed by atoms with Gasteiger partial charge in [-0.25, -0.2) is 0 Å². The van der Waals surface area contributed by atoms with E-state index in [4.69, 9.17) is 0 Å². The van der Waals surface area contributed by atoms with E-state index in [1.165, 1.54) is 25.7 Å². The molecule has 0 bridgehead atoms. The number of carbonyl (C=O) groups is 1. The van der Waals surface area contributed by atoms with Gasteiger partial charge >= 0.3 is 0 Å². The molecule has 1 saturated carbocycles. The summed E-state index contributed by atoms with van der Waals surface area (Å²) >= 11 is 0. The third-order valence-electron chi connectivity index (χ3n) is 4.16. The highest BCUT2D eigenvalue weighted by Gasteiger charge is 2.29. The third-order valence-corrected chi connectivity index (χ3v) is 4.16. The monoisotopic (exact) mass is 260 g/mol. The fourth-order valence-electron chi connectivity index (χ4n) is 2.76. The van der Waals surface area contributed by atoms with Crippen LogP contribution in [0.3, 0.4) is 0 Å². The molecule has 1 saturated heterocycles. The number of hydrogen-bond acceptors (Lipinski definition) is 2. The van der Waals surface area contributed by atoms with Gasteiger partial charge < -0.3 is 10.6 Å². The van der Waals surface area contributed by atoms with Crippen LogP contribution < -0.4 is 10.6 Å². The Morgan fingerprint density at radius 3 is 2.53 bits per heavy atom. The van der Waals surface area contributed by atoms with E-state index < -0.39 is 0 Å². The van der Waals surface area contributed by atoms with E-state index in [1.54, 1.807) is 0 Å². The van der Waals surface area contributed by atoms with Crippen molar-refractivity contribution in [3.8, 4) is 0 Å². The Bertz CT molecular complexity index is 254. The number of carbonyl (C=O) groups excluding carboxylic acids is 1. The van der Waals surface area contributed by atoms with E-state index in [2.05, 4.69) is 24.5 Å². The van der Waals surface area contributed by atoms with E-state index >= 15 is 0 Å². The fraction of sp³-hybridized carbons (Fsp3) is 0.923. The van der Waals surface area contributed by atoms with Crippen LogP contribution in [0.15, 0.2) is 0 Å². The summed E-state index contributed by atoms with van der Waals surface area (Å²) in [5.41, 5.74) is 0. The van der Waals surface area contributed by atoms with Gasteiger partial charge in [-0.15, -0.1) is 12.4 Å². The molecule has 0 spiro atoms. The lowest BCUT2D eigenvalue weighted by molar-refractivity contribution is -0.127. The highest BCUT2D eigenvalue weighted by molar-refractivity contribution is 5.85. The number of halogens is 1. The van der Waals surface area contributed by atoms with Gasteiger partial charge in [0.05, 0.1) is 5.92 Å². The zero-order valence-electron chi connectivity index (χ0n) is 10.9. The van der Waals surface area contributed by atoms with Crippen molar-refractivity contribution in [1.29, 1.82) is 0 Å². The lowest BCUT2D eigenvalue weighted by atomic mass is 9.79. The molecule has 2 fully saturated rings. The van der Waals surface area contributed by atoms with Crippen molar-refractivity contribution >= 4 is 18.3 Å². The number of rotatable bonds is 3. The molecule has 4 heteroatoms. The fourth-order valence-corrected chi connectivity index (χ4v) is 2.76. The predicted molar refractivity (Wildman–Crippen MR) is 72.3 cm³/mol. The van der Waals surface area contributed by atoms with Gasteiger partial charge in [-0.05, 0) is 24.7 Å². The second-order valence-corrected chi connectivity index (χ2v) is 5.73. The largest absolute Gasteiger partial charge is 0.353 e. The minimum absolute atomic E-state index is 0. The average Bonchev–Trinajstić information content (AvgIpc) is 2.15. The maximum Gasteiger partial charge on any atom is 0.225 e.